The number of aliphatic hydroxyl groups is 1. The summed E-state index contributed by atoms with van der Waals surface area (Å²) in [6, 6.07) is 9.25. The molecule has 3 atom stereocenters. The summed E-state index contributed by atoms with van der Waals surface area (Å²) in [7, 11) is 0. The van der Waals surface area contributed by atoms with Gasteiger partial charge in [0, 0.05) is 26.6 Å². The normalized spacial score (nSPS) is 20.5. The van der Waals surface area contributed by atoms with E-state index < -0.39 is 28.9 Å². The van der Waals surface area contributed by atoms with E-state index in [0.717, 1.165) is 17.0 Å². The summed E-state index contributed by atoms with van der Waals surface area (Å²) < 4.78 is 34.1. The molecule has 0 spiro atoms. The molecule has 6 heteroatoms. The second-order valence-electron chi connectivity index (χ2n) is 5.83. The molecule has 0 aliphatic carbocycles. The Morgan fingerprint density at radius 1 is 1.24 bits per heavy atom. The predicted octanol–water partition coefficient (Wildman–Crippen LogP) is 5.40. The SMILES string of the molecule is C=CC[C@@H](O)[C@H]1COc2c(F)ccc(F)c2[C@@H]1Sc1ccc(Cl)cc1. The van der Waals surface area contributed by atoms with Crippen LogP contribution in [0.5, 0.6) is 5.75 Å². The van der Waals surface area contributed by atoms with Crippen molar-refractivity contribution in [1.29, 1.82) is 0 Å². The lowest BCUT2D eigenvalue weighted by Gasteiger charge is -2.36. The van der Waals surface area contributed by atoms with Crippen LogP contribution < -0.4 is 4.74 Å². The molecule has 2 nitrogen and oxygen atoms in total. The molecular weight excluding hydrogens is 366 g/mol. The van der Waals surface area contributed by atoms with Crippen molar-refractivity contribution in [2.24, 2.45) is 5.92 Å². The number of aliphatic hydroxyl groups excluding tert-OH is 1. The summed E-state index contributed by atoms with van der Waals surface area (Å²) in [5, 5.41) is 10.6. The second-order valence-corrected chi connectivity index (χ2v) is 7.48. The number of benzene rings is 2. The Morgan fingerprint density at radius 3 is 2.60 bits per heavy atom. The van der Waals surface area contributed by atoms with Gasteiger partial charge in [0.2, 0.25) is 0 Å². The fourth-order valence-corrected chi connectivity index (χ4v) is 4.39. The molecule has 0 saturated heterocycles. The monoisotopic (exact) mass is 382 g/mol. The molecule has 1 aliphatic heterocycles. The van der Waals surface area contributed by atoms with Gasteiger partial charge in [-0.15, -0.1) is 18.3 Å². The van der Waals surface area contributed by atoms with Crippen molar-refractivity contribution in [3.63, 3.8) is 0 Å². The number of halogens is 3. The third-order valence-electron chi connectivity index (χ3n) is 4.17. The maximum Gasteiger partial charge on any atom is 0.165 e. The largest absolute Gasteiger partial charge is 0.490 e. The highest BCUT2D eigenvalue weighted by molar-refractivity contribution is 7.99. The molecule has 0 bridgehead atoms. The minimum atomic E-state index is -0.766. The molecule has 3 rings (SSSR count). The van der Waals surface area contributed by atoms with Crippen LogP contribution in [0.25, 0.3) is 0 Å². The van der Waals surface area contributed by atoms with Crippen molar-refractivity contribution in [3.8, 4) is 5.75 Å². The summed E-state index contributed by atoms with van der Waals surface area (Å²) in [5.41, 5.74) is 0.152. The standard InChI is InChI=1S/C19H17ClF2O2S/c1-2-3-16(23)13-10-24-18-15(22)9-8-14(21)17(18)19(13)25-12-6-4-11(20)5-7-12/h2,4-9,13,16,19,23H,1,3,10H2/t13-,16-,19-/m1/s1. The van der Waals surface area contributed by atoms with Crippen molar-refractivity contribution < 1.29 is 18.6 Å². The molecule has 1 N–H and O–H groups in total. The van der Waals surface area contributed by atoms with Gasteiger partial charge in [-0.2, -0.15) is 0 Å². The fourth-order valence-electron chi connectivity index (χ4n) is 2.91. The minimum Gasteiger partial charge on any atom is -0.490 e. The molecule has 25 heavy (non-hydrogen) atoms. The number of rotatable bonds is 5. The van der Waals surface area contributed by atoms with E-state index in [1.807, 2.05) is 12.1 Å². The van der Waals surface area contributed by atoms with Gasteiger partial charge in [0.05, 0.1) is 12.7 Å². The average molecular weight is 383 g/mol. The van der Waals surface area contributed by atoms with Gasteiger partial charge < -0.3 is 9.84 Å². The summed E-state index contributed by atoms with van der Waals surface area (Å²) in [5.74, 6) is -1.62. The molecule has 0 aromatic heterocycles. The van der Waals surface area contributed by atoms with Crippen molar-refractivity contribution in [1.82, 2.24) is 0 Å². The molecule has 0 amide bonds. The number of ether oxygens (including phenoxy) is 1. The van der Waals surface area contributed by atoms with Crippen LogP contribution in [-0.2, 0) is 0 Å². The highest BCUT2D eigenvalue weighted by atomic mass is 35.5. The van der Waals surface area contributed by atoms with Crippen LogP contribution in [0.1, 0.15) is 17.2 Å². The molecule has 0 radical (unpaired) electrons. The third-order valence-corrected chi connectivity index (χ3v) is 5.80. The van der Waals surface area contributed by atoms with E-state index in [4.69, 9.17) is 16.3 Å². The van der Waals surface area contributed by atoms with Gasteiger partial charge in [-0.3, -0.25) is 0 Å². The first-order valence-corrected chi connectivity index (χ1v) is 9.09. The topological polar surface area (TPSA) is 29.5 Å². The summed E-state index contributed by atoms with van der Waals surface area (Å²) >= 11 is 7.27. The Hall–Kier alpha value is -1.56. The van der Waals surface area contributed by atoms with Gasteiger partial charge in [-0.25, -0.2) is 8.78 Å². The molecule has 0 fully saturated rings. The van der Waals surface area contributed by atoms with E-state index >= 15 is 0 Å². The summed E-state index contributed by atoms with van der Waals surface area (Å²) in [6.07, 6.45) is 1.18. The first-order valence-electron chi connectivity index (χ1n) is 7.83. The highest BCUT2D eigenvalue weighted by Crippen LogP contribution is 2.50. The lowest BCUT2D eigenvalue weighted by atomic mass is 9.89. The second kappa shape index (κ2) is 7.77. The van der Waals surface area contributed by atoms with E-state index in [9.17, 15) is 13.9 Å². The van der Waals surface area contributed by atoms with E-state index in [0.29, 0.717) is 11.4 Å². The van der Waals surface area contributed by atoms with E-state index in [-0.39, 0.29) is 17.9 Å². The van der Waals surface area contributed by atoms with Crippen LogP contribution in [0.15, 0.2) is 53.9 Å². The zero-order valence-electron chi connectivity index (χ0n) is 13.3. The van der Waals surface area contributed by atoms with Gasteiger partial charge in [0.1, 0.15) is 5.82 Å². The fraction of sp³-hybridized carbons (Fsp3) is 0.263. The van der Waals surface area contributed by atoms with E-state index in [1.165, 1.54) is 11.8 Å². The lowest BCUT2D eigenvalue weighted by molar-refractivity contribution is 0.0624. The maximum absolute atomic E-state index is 14.5. The van der Waals surface area contributed by atoms with Crippen LogP contribution in [0.4, 0.5) is 8.78 Å². The molecule has 0 unspecified atom stereocenters. The molecule has 2 aromatic carbocycles. The number of fused-ring (bicyclic) bond motifs is 1. The van der Waals surface area contributed by atoms with Crippen molar-refractivity contribution in [3.05, 3.63) is 71.3 Å². The van der Waals surface area contributed by atoms with Crippen LogP contribution in [0.3, 0.4) is 0 Å². The number of hydrogen-bond acceptors (Lipinski definition) is 3. The van der Waals surface area contributed by atoms with Gasteiger partial charge >= 0.3 is 0 Å². The van der Waals surface area contributed by atoms with Crippen LogP contribution in [-0.4, -0.2) is 17.8 Å². The first-order chi connectivity index (χ1) is 12.0. The van der Waals surface area contributed by atoms with Crippen LogP contribution in [0.2, 0.25) is 5.02 Å². The van der Waals surface area contributed by atoms with Crippen molar-refractivity contribution in [2.45, 2.75) is 22.7 Å². The zero-order chi connectivity index (χ0) is 18.0. The smallest absolute Gasteiger partial charge is 0.165 e. The first kappa shape index (κ1) is 18.2. The van der Waals surface area contributed by atoms with Crippen molar-refractivity contribution >= 4 is 23.4 Å². The molecule has 132 valence electrons. The molecule has 0 saturated carbocycles. The predicted molar refractivity (Wildman–Crippen MR) is 96.2 cm³/mol. The summed E-state index contributed by atoms with van der Waals surface area (Å²) in [4.78, 5) is 0.849. The molecule has 2 aromatic rings. The lowest BCUT2D eigenvalue weighted by Crippen LogP contribution is -2.34. The Labute approximate surface area is 154 Å². The van der Waals surface area contributed by atoms with Gasteiger partial charge in [-0.05, 0) is 42.8 Å². The Balaban J connectivity index is 2.02. The average Bonchev–Trinajstić information content (AvgIpc) is 2.60. The highest BCUT2D eigenvalue weighted by Gasteiger charge is 2.39. The number of hydrogen-bond donors (Lipinski definition) is 1. The maximum atomic E-state index is 14.5. The minimum absolute atomic E-state index is 0.0754. The molecule has 1 heterocycles. The molecule has 1 aliphatic rings. The van der Waals surface area contributed by atoms with E-state index in [2.05, 4.69) is 6.58 Å². The quantitative estimate of drug-likeness (QED) is 0.702. The molecular formula is C19H17ClF2O2S. The van der Waals surface area contributed by atoms with Gasteiger partial charge in [-0.1, -0.05) is 17.7 Å². The Morgan fingerprint density at radius 2 is 1.92 bits per heavy atom. The zero-order valence-corrected chi connectivity index (χ0v) is 14.9. The van der Waals surface area contributed by atoms with Gasteiger partial charge in [0.15, 0.2) is 11.6 Å². The third kappa shape index (κ3) is 3.84. The summed E-state index contributed by atoms with van der Waals surface area (Å²) in [6.45, 7) is 3.74. The number of thioether (sulfide) groups is 1. The van der Waals surface area contributed by atoms with Gasteiger partial charge in [0.25, 0.3) is 0 Å². The Bertz CT molecular complexity index is 767. The van der Waals surface area contributed by atoms with Crippen molar-refractivity contribution in [2.75, 3.05) is 6.61 Å². The Kier molecular flexibility index (Phi) is 5.67. The van der Waals surface area contributed by atoms with E-state index in [1.54, 1.807) is 18.2 Å². The van der Waals surface area contributed by atoms with Crippen LogP contribution in [0, 0.1) is 17.6 Å². The van der Waals surface area contributed by atoms with Crippen LogP contribution >= 0.6 is 23.4 Å².